The van der Waals surface area contributed by atoms with Crippen molar-refractivity contribution < 1.29 is 4.79 Å². The van der Waals surface area contributed by atoms with E-state index in [0.29, 0.717) is 22.8 Å². The molecule has 1 aromatic carbocycles. The lowest BCUT2D eigenvalue weighted by Crippen LogP contribution is -2.11. The first-order valence-electron chi connectivity index (χ1n) is 5.30. The van der Waals surface area contributed by atoms with Gasteiger partial charge in [-0.2, -0.15) is 0 Å². The SMILES string of the molecule is Cc1nc(CNc2cc(C(N)=O)ccc2Cl)cs1. The lowest BCUT2D eigenvalue weighted by molar-refractivity contribution is 0.100. The fourth-order valence-electron chi connectivity index (χ4n) is 1.49. The number of carbonyl (C=O) groups is 1. The molecule has 0 aliphatic carbocycles. The average Bonchev–Trinajstić information content (AvgIpc) is 2.74. The summed E-state index contributed by atoms with van der Waals surface area (Å²) in [6, 6.07) is 4.89. The van der Waals surface area contributed by atoms with Crippen LogP contribution in [0.3, 0.4) is 0 Å². The molecule has 0 fully saturated rings. The second-order valence-electron chi connectivity index (χ2n) is 3.77. The van der Waals surface area contributed by atoms with Gasteiger partial charge in [0.15, 0.2) is 0 Å². The normalized spacial score (nSPS) is 10.3. The summed E-state index contributed by atoms with van der Waals surface area (Å²) in [6.07, 6.45) is 0. The van der Waals surface area contributed by atoms with E-state index < -0.39 is 5.91 Å². The van der Waals surface area contributed by atoms with Crippen LogP contribution >= 0.6 is 22.9 Å². The lowest BCUT2D eigenvalue weighted by atomic mass is 10.2. The molecule has 1 aromatic heterocycles. The molecule has 94 valence electrons. The van der Waals surface area contributed by atoms with E-state index >= 15 is 0 Å². The number of benzene rings is 1. The number of nitrogens with one attached hydrogen (secondary N) is 1. The second-order valence-corrected chi connectivity index (χ2v) is 5.24. The standard InChI is InChI=1S/C12H12ClN3OS/c1-7-16-9(6-18-7)5-15-11-4-8(12(14)17)2-3-10(11)13/h2-4,6,15H,5H2,1H3,(H2,14,17). The van der Waals surface area contributed by atoms with Gasteiger partial charge in [-0.3, -0.25) is 4.79 Å². The van der Waals surface area contributed by atoms with E-state index in [1.165, 1.54) is 0 Å². The lowest BCUT2D eigenvalue weighted by Gasteiger charge is -2.08. The van der Waals surface area contributed by atoms with Crippen molar-refractivity contribution >= 4 is 34.5 Å². The van der Waals surface area contributed by atoms with Crippen molar-refractivity contribution in [2.24, 2.45) is 5.73 Å². The van der Waals surface area contributed by atoms with E-state index in [1.807, 2.05) is 12.3 Å². The molecule has 1 heterocycles. The van der Waals surface area contributed by atoms with Crippen LogP contribution in [0.15, 0.2) is 23.6 Å². The number of aromatic nitrogens is 1. The summed E-state index contributed by atoms with van der Waals surface area (Å²) in [4.78, 5) is 15.4. The third kappa shape index (κ3) is 3.00. The van der Waals surface area contributed by atoms with E-state index in [2.05, 4.69) is 10.3 Å². The Kier molecular flexibility index (Phi) is 3.84. The Balaban J connectivity index is 2.13. The van der Waals surface area contributed by atoms with Crippen molar-refractivity contribution in [1.29, 1.82) is 0 Å². The van der Waals surface area contributed by atoms with Crippen LogP contribution in [0.5, 0.6) is 0 Å². The molecule has 0 aliphatic heterocycles. The molecular weight excluding hydrogens is 270 g/mol. The highest BCUT2D eigenvalue weighted by Crippen LogP contribution is 2.23. The maximum absolute atomic E-state index is 11.1. The number of primary amides is 1. The highest BCUT2D eigenvalue weighted by atomic mass is 35.5. The summed E-state index contributed by atoms with van der Waals surface area (Å²) in [5.41, 5.74) is 7.27. The fraction of sp³-hybridized carbons (Fsp3) is 0.167. The minimum absolute atomic E-state index is 0.427. The van der Waals surface area contributed by atoms with Gasteiger partial charge in [0.25, 0.3) is 0 Å². The van der Waals surface area contributed by atoms with Crippen molar-refractivity contribution in [2.75, 3.05) is 5.32 Å². The molecule has 0 spiro atoms. The van der Waals surface area contributed by atoms with Crippen molar-refractivity contribution in [1.82, 2.24) is 4.98 Å². The molecule has 0 unspecified atom stereocenters. The number of nitrogens with zero attached hydrogens (tertiary/aromatic N) is 1. The summed E-state index contributed by atoms with van der Waals surface area (Å²) in [7, 11) is 0. The highest BCUT2D eigenvalue weighted by molar-refractivity contribution is 7.09. The van der Waals surface area contributed by atoms with Crippen molar-refractivity contribution in [3.63, 3.8) is 0 Å². The molecule has 0 aliphatic rings. The number of aryl methyl sites for hydroxylation is 1. The number of hydrogen-bond acceptors (Lipinski definition) is 4. The van der Waals surface area contributed by atoms with E-state index in [9.17, 15) is 4.79 Å². The number of carbonyl (C=O) groups excluding carboxylic acids is 1. The number of rotatable bonds is 4. The number of anilines is 1. The summed E-state index contributed by atoms with van der Waals surface area (Å²) in [5, 5.41) is 6.69. The molecule has 4 nitrogen and oxygen atoms in total. The molecule has 6 heteroatoms. The molecule has 2 aromatic rings. The number of nitrogens with two attached hydrogens (primary N) is 1. The third-order valence-electron chi connectivity index (χ3n) is 2.38. The highest BCUT2D eigenvalue weighted by Gasteiger charge is 2.06. The predicted octanol–water partition coefficient (Wildman–Crippen LogP) is 2.82. The topological polar surface area (TPSA) is 68.0 Å². The Bertz CT molecular complexity index is 582. The zero-order valence-electron chi connectivity index (χ0n) is 9.74. The zero-order chi connectivity index (χ0) is 13.1. The molecule has 0 saturated carbocycles. The predicted molar refractivity (Wildman–Crippen MR) is 74.1 cm³/mol. The maximum atomic E-state index is 11.1. The van der Waals surface area contributed by atoms with Crippen LogP contribution in [-0.4, -0.2) is 10.9 Å². The van der Waals surface area contributed by atoms with Gasteiger partial charge in [0.1, 0.15) is 0 Å². The van der Waals surface area contributed by atoms with E-state index in [0.717, 1.165) is 10.7 Å². The number of thiazole rings is 1. The molecule has 3 N–H and O–H groups in total. The second kappa shape index (κ2) is 5.37. The molecule has 0 radical (unpaired) electrons. The monoisotopic (exact) mass is 281 g/mol. The van der Waals surface area contributed by atoms with Crippen LogP contribution in [0.25, 0.3) is 0 Å². The molecule has 18 heavy (non-hydrogen) atoms. The van der Waals surface area contributed by atoms with Gasteiger partial charge >= 0.3 is 0 Å². The van der Waals surface area contributed by atoms with Crippen LogP contribution in [0.2, 0.25) is 5.02 Å². The van der Waals surface area contributed by atoms with Gasteiger partial charge in [-0.05, 0) is 25.1 Å². The van der Waals surface area contributed by atoms with Crippen LogP contribution in [-0.2, 0) is 6.54 Å². The summed E-state index contributed by atoms with van der Waals surface area (Å²) >= 11 is 7.63. The van der Waals surface area contributed by atoms with E-state index in [4.69, 9.17) is 17.3 Å². The molecule has 0 atom stereocenters. The average molecular weight is 282 g/mol. The van der Waals surface area contributed by atoms with Gasteiger partial charge in [-0.1, -0.05) is 11.6 Å². The van der Waals surface area contributed by atoms with Gasteiger partial charge < -0.3 is 11.1 Å². The van der Waals surface area contributed by atoms with Gasteiger partial charge in [-0.25, -0.2) is 4.98 Å². The van der Waals surface area contributed by atoms with Crippen LogP contribution < -0.4 is 11.1 Å². The third-order valence-corrected chi connectivity index (χ3v) is 3.53. The quantitative estimate of drug-likeness (QED) is 0.905. The van der Waals surface area contributed by atoms with E-state index in [1.54, 1.807) is 29.5 Å². The largest absolute Gasteiger partial charge is 0.378 e. The van der Waals surface area contributed by atoms with Crippen molar-refractivity contribution in [3.05, 3.63) is 44.9 Å². The summed E-state index contributed by atoms with van der Waals surface area (Å²) in [6.45, 7) is 2.52. The molecule has 1 amide bonds. The molecule has 2 rings (SSSR count). The minimum atomic E-state index is -0.473. The number of amides is 1. The molecular formula is C12H12ClN3OS. The number of hydrogen-bond donors (Lipinski definition) is 2. The van der Waals surface area contributed by atoms with E-state index in [-0.39, 0.29) is 0 Å². The first-order chi connectivity index (χ1) is 8.56. The summed E-state index contributed by atoms with van der Waals surface area (Å²) < 4.78 is 0. The first kappa shape index (κ1) is 12.9. The van der Waals surface area contributed by atoms with Crippen LogP contribution in [0, 0.1) is 6.92 Å². The van der Waals surface area contributed by atoms with Crippen LogP contribution in [0.4, 0.5) is 5.69 Å². The fourth-order valence-corrected chi connectivity index (χ4v) is 2.29. The first-order valence-corrected chi connectivity index (χ1v) is 6.56. The van der Waals surface area contributed by atoms with Gasteiger partial charge in [0, 0.05) is 10.9 Å². The van der Waals surface area contributed by atoms with Crippen molar-refractivity contribution in [2.45, 2.75) is 13.5 Å². The number of halogens is 1. The Morgan fingerprint density at radius 1 is 1.56 bits per heavy atom. The Hall–Kier alpha value is -1.59. The van der Waals surface area contributed by atoms with Gasteiger partial charge in [0.05, 0.1) is 28.0 Å². The van der Waals surface area contributed by atoms with Gasteiger partial charge in [0.2, 0.25) is 5.91 Å². The smallest absolute Gasteiger partial charge is 0.248 e. The Morgan fingerprint density at radius 3 is 2.94 bits per heavy atom. The van der Waals surface area contributed by atoms with Gasteiger partial charge in [-0.15, -0.1) is 11.3 Å². The minimum Gasteiger partial charge on any atom is -0.378 e. The molecule has 0 saturated heterocycles. The van der Waals surface area contributed by atoms with Crippen molar-refractivity contribution in [3.8, 4) is 0 Å². The molecule has 0 bridgehead atoms. The Labute approximate surface area is 114 Å². The zero-order valence-corrected chi connectivity index (χ0v) is 11.3. The summed E-state index contributed by atoms with van der Waals surface area (Å²) in [5.74, 6) is -0.473. The Morgan fingerprint density at radius 2 is 2.33 bits per heavy atom. The van der Waals surface area contributed by atoms with Crippen LogP contribution in [0.1, 0.15) is 21.1 Å². The maximum Gasteiger partial charge on any atom is 0.248 e.